The van der Waals surface area contributed by atoms with Gasteiger partial charge in [0.1, 0.15) is 0 Å². The molecular weight excluding hydrogens is 336 g/mol. The molecule has 0 amide bonds. The highest BCUT2D eigenvalue weighted by Gasteiger charge is 2.35. The molecule has 0 radical (unpaired) electrons. The molecule has 128 valence electrons. The predicted molar refractivity (Wildman–Crippen MR) is 90.0 cm³/mol. The van der Waals surface area contributed by atoms with Crippen molar-refractivity contribution in [1.29, 1.82) is 0 Å². The summed E-state index contributed by atoms with van der Waals surface area (Å²) in [6.07, 6.45) is 3.81. The van der Waals surface area contributed by atoms with Crippen LogP contribution in [0.3, 0.4) is 0 Å². The number of likely N-dealkylation sites (tertiary alicyclic amines) is 1. The van der Waals surface area contributed by atoms with Crippen LogP contribution in [-0.4, -0.2) is 61.1 Å². The van der Waals surface area contributed by atoms with Gasteiger partial charge >= 0.3 is 0 Å². The Kier molecular flexibility index (Phi) is 5.28. The molecule has 1 aromatic carbocycles. The van der Waals surface area contributed by atoms with Crippen molar-refractivity contribution in [1.82, 2.24) is 9.21 Å². The monoisotopic (exact) mass is 358 g/mol. The summed E-state index contributed by atoms with van der Waals surface area (Å²) in [7, 11) is -3.44. The molecule has 1 atom stereocenters. The van der Waals surface area contributed by atoms with Crippen LogP contribution in [0.4, 0.5) is 0 Å². The van der Waals surface area contributed by atoms with Crippen LogP contribution >= 0.6 is 11.6 Å². The molecule has 1 aromatic rings. The highest BCUT2D eigenvalue weighted by Crippen LogP contribution is 2.28. The average molecular weight is 359 g/mol. The Morgan fingerprint density at radius 2 is 1.74 bits per heavy atom. The number of rotatable bonds is 4. The third kappa shape index (κ3) is 3.56. The molecular formula is C16H23ClN2O3S. The standard InChI is InChI=1S/C16H23ClN2O3S/c17-13-3-5-16(6-4-13)23(21,22)18-10-7-14(8-11-18)19-9-1-2-15(19)12-20/h3-6,14-15,20H,1-2,7-12H2/t15-/m1/s1. The van der Waals surface area contributed by atoms with Crippen molar-refractivity contribution in [2.45, 2.75) is 42.7 Å². The third-order valence-corrected chi connectivity index (χ3v) is 7.14. The van der Waals surface area contributed by atoms with Gasteiger partial charge in [0.2, 0.25) is 10.0 Å². The lowest BCUT2D eigenvalue weighted by atomic mass is 10.0. The van der Waals surface area contributed by atoms with Crippen molar-refractivity contribution in [2.75, 3.05) is 26.2 Å². The fourth-order valence-electron chi connectivity index (χ4n) is 3.70. The van der Waals surface area contributed by atoms with E-state index in [1.165, 1.54) is 0 Å². The third-order valence-electron chi connectivity index (χ3n) is 4.98. The minimum Gasteiger partial charge on any atom is -0.395 e. The molecule has 0 bridgehead atoms. The summed E-state index contributed by atoms with van der Waals surface area (Å²) in [4.78, 5) is 2.67. The largest absolute Gasteiger partial charge is 0.395 e. The van der Waals surface area contributed by atoms with Gasteiger partial charge in [-0.15, -0.1) is 0 Å². The summed E-state index contributed by atoms with van der Waals surface area (Å²) in [5, 5.41) is 9.99. The zero-order valence-electron chi connectivity index (χ0n) is 13.1. The maximum Gasteiger partial charge on any atom is 0.243 e. The number of sulfonamides is 1. The van der Waals surface area contributed by atoms with Crippen molar-refractivity contribution in [2.24, 2.45) is 0 Å². The summed E-state index contributed by atoms with van der Waals surface area (Å²) in [5.41, 5.74) is 0. The van der Waals surface area contributed by atoms with E-state index in [1.807, 2.05) is 0 Å². The summed E-state index contributed by atoms with van der Waals surface area (Å²) < 4.78 is 26.9. The highest BCUT2D eigenvalue weighted by atomic mass is 35.5. The van der Waals surface area contributed by atoms with Gasteiger partial charge in [0.15, 0.2) is 0 Å². The van der Waals surface area contributed by atoms with E-state index < -0.39 is 10.0 Å². The summed E-state index contributed by atoms with van der Waals surface area (Å²) in [6.45, 7) is 2.28. The van der Waals surface area contributed by atoms with Gasteiger partial charge in [-0.1, -0.05) is 11.6 Å². The minimum absolute atomic E-state index is 0.198. The predicted octanol–water partition coefficient (Wildman–Crippen LogP) is 1.95. The maximum atomic E-state index is 12.7. The molecule has 5 nitrogen and oxygen atoms in total. The zero-order chi connectivity index (χ0) is 16.4. The van der Waals surface area contributed by atoms with Crippen LogP contribution < -0.4 is 0 Å². The lowest BCUT2D eigenvalue weighted by Gasteiger charge is -2.38. The number of halogens is 1. The van der Waals surface area contributed by atoms with Crippen LogP contribution in [0, 0.1) is 0 Å². The topological polar surface area (TPSA) is 60.9 Å². The molecule has 2 aliphatic rings. The average Bonchev–Trinajstić information content (AvgIpc) is 3.04. The normalized spacial score (nSPS) is 25.0. The fraction of sp³-hybridized carbons (Fsp3) is 0.625. The number of piperidine rings is 1. The first-order valence-electron chi connectivity index (χ1n) is 8.14. The molecule has 1 N–H and O–H groups in total. The smallest absolute Gasteiger partial charge is 0.243 e. The molecule has 0 aromatic heterocycles. The van der Waals surface area contributed by atoms with Crippen LogP contribution in [0.2, 0.25) is 5.02 Å². The van der Waals surface area contributed by atoms with Gasteiger partial charge in [0.05, 0.1) is 11.5 Å². The summed E-state index contributed by atoms with van der Waals surface area (Å²) >= 11 is 5.83. The van der Waals surface area contributed by atoms with E-state index in [1.54, 1.807) is 28.6 Å². The first-order valence-corrected chi connectivity index (χ1v) is 9.96. The van der Waals surface area contributed by atoms with E-state index in [4.69, 9.17) is 11.6 Å². The van der Waals surface area contributed by atoms with Gasteiger partial charge < -0.3 is 5.11 Å². The number of aliphatic hydroxyl groups is 1. The van der Waals surface area contributed by atoms with E-state index in [2.05, 4.69) is 4.90 Å². The van der Waals surface area contributed by atoms with Crippen molar-refractivity contribution < 1.29 is 13.5 Å². The van der Waals surface area contributed by atoms with Crippen LogP contribution in [0.15, 0.2) is 29.2 Å². The van der Waals surface area contributed by atoms with Gasteiger partial charge in [-0.25, -0.2) is 8.42 Å². The summed E-state index contributed by atoms with van der Waals surface area (Å²) in [5.74, 6) is 0. The van der Waals surface area contributed by atoms with Crippen LogP contribution in [0.1, 0.15) is 25.7 Å². The van der Waals surface area contributed by atoms with Crippen LogP contribution in [0.25, 0.3) is 0 Å². The zero-order valence-corrected chi connectivity index (χ0v) is 14.6. The molecule has 23 heavy (non-hydrogen) atoms. The Hall–Kier alpha value is -0.660. The van der Waals surface area contributed by atoms with Crippen molar-refractivity contribution >= 4 is 21.6 Å². The van der Waals surface area contributed by atoms with Gasteiger partial charge in [-0.05, 0) is 56.5 Å². The second kappa shape index (κ2) is 7.07. The molecule has 7 heteroatoms. The highest BCUT2D eigenvalue weighted by molar-refractivity contribution is 7.89. The molecule has 3 rings (SSSR count). The van der Waals surface area contributed by atoms with E-state index in [0.717, 1.165) is 32.2 Å². The van der Waals surface area contributed by atoms with Crippen LogP contribution in [-0.2, 0) is 10.0 Å². The molecule has 0 saturated carbocycles. The lowest BCUT2D eigenvalue weighted by molar-refractivity contribution is 0.0899. The van der Waals surface area contributed by atoms with Gasteiger partial charge in [0, 0.05) is 30.2 Å². The molecule has 0 spiro atoms. The second-order valence-electron chi connectivity index (χ2n) is 6.31. The Labute approximate surface area is 142 Å². The van der Waals surface area contributed by atoms with E-state index in [-0.39, 0.29) is 12.6 Å². The first-order chi connectivity index (χ1) is 11.0. The van der Waals surface area contributed by atoms with Gasteiger partial charge in [-0.3, -0.25) is 4.90 Å². The van der Waals surface area contributed by atoms with E-state index in [9.17, 15) is 13.5 Å². The van der Waals surface area contributed by atoms with Gasteiger partial charge in [-0.2, -0.15) is 4.31 Å². The van der Waals surface area contributed by atoms with Crippen LogP contribution in [0.5, 0.6) is 0 Å². The number of hydrogen-bond acceptors (Lipinski definition) is 4. The van der Waals surface area contributed by atoms with Crippen molar-refractivity contribution in [3.63, 3.8) is 0 Å². The van der Waals surface area contributed by atoms with E-state index in [0.29, 0.717) is 29.0 Å². The number of aliphatic hydroxyl groups excluding tert-OH is 1. The van der Waals surface area contributed by atoms with Crippen molar-refractivity contribution in [3.05, 3.63) is 29.3 Å². The van der Waals surface area contributed by atoms with Gasteiger partial charge in [0.25, 0.3) is 0 Å². The Morgan fingerprint density at radius 1 is 1.09 bits per heavy atom. The lowest BCUT2D eigenvalue weighted by Crippen LogP contribution is -2.48. The van der Waals surface area contributed by atoms with E-state index >= 15 is 0 Å². The Balaban J connectivity index is 1.65. The SMILES string of the molecule is O=S(=O)(c1ccc(Cl)cc1)N1CCC(N2CCC[C@@H]2CO)CC1. The minimum atomic E-state index is -3.44. The first kappa shape index (κ1) is 17.2. The number of hydrogen-bond donors (Lipinski definition) is 1. The second-order valence-corrected chi connectivity index (χ2v) is 8.68. The van der Waals surface area contributed by atoms with Crippen molar-refractivity contribution in [3.8, 4) is 0 Å². The molecule has 0 aliphatic carbocycles. The number of nitrogens with zero attached hydrogens (tertiary/aromatic N) is 2. The molecule has 2 aliphatic heterocycles. The molecule has 0 unspecified atom stereocenters. The fourth-order valence-corrected chi connectivity index (χ4v) is 5.30. The quantitative estimate of drug-likeness (QED) is 0.893. The maximum absolute atomic E-state index is 12.7. The molecule has 2 fully saturated rings. The molecule has 2 saturated heterocycles. The summed E-state index contributed by atoms with van der Waals surface area (Å²) in [6, 6.07) is 6.97. The Morgan fingerprint density at radius 3 is 2.35 bits per heavy atom. The number of benzene rings is 1. The molecule has 2 heterocycles. The Bertz CT molecular complexity index is 627.